The van der Waals surface area contributed by atoms with Gasteiger partial charge in [0.15, 0.2) is 0 Å². The van der Waals surface area contributed by atoms with Crippen LogP contribution < -0.4 is 5.32 Å². The molecule has 1 saturated heterocycles. The van der Waals surface area contributed by atoms with E-state index in [0.29, 0.717) is 18.0 Å². The van der Waals surface area contributed by atoms with E-state index < -0.39 is 10.0 Å². The third kappa shape index (κ3) is 2.52. The van der Waals surface area contributed by atoms with Crippen LogP contribution in [0.15, 0.2) is 29.2 Å². The van der Waals surface area contributed by atoms with E-state index >= 15 is 0 Å². The molecule has 18 heavy (non-hydrogen) atoms. The summed E-state index contributed by atoms with van der Waals surface area (Å²) in [4.78, 5) is 0.374. The largest absolute Gasteiger partial charge is 0.388 e. The maximum Gasteiger partial charge on any atom is 0.243 e. The Labute approximate surface area is 109 Å². The van der Waals surface area contributed by atoms with Crippen LogP contribution >= 0.6 is 0 Å². The lowest BCUT2D eigenvalue weighted by molar-refractivity contribution is 0.375. The van der Waals surface area contributed by atoms with E-state index in [1.54, 1.807) is 28.6 Å². The van der Waals surface area contributed by atoms with Crippen LogP contribution in [-0.4, -0.2) is 32.9 Å². The molecule has 1 N–H and O–H groups in total. The molecule has 0 unspecified atom stereocenters. The second-order valence-electron chi connectivity index (χ2n) is 5.53. The molecule has 0 bridgehead atoms. The first-order valence-corrected chi connectivity index (χ1v) is 7.57. The third-order valence-electron chi connectivity index (χ3n) is 3.42. The summed E-state index contributed by atoms with van der Waals surface area (Å²) in [5, 5.41) is 2.98. The van der Waals surface area contributed by atoms with Crippen molar-refractivity contribution in [3.8, 4) is 0 Å². The van der Waals surface area contributed by atoms with E-state index in [2.05, 4.69) is 19.2 Å². The molecule has 1 heterocycles. The normalized spacial score (nSPS) is 19.9. The number of benzene rings is 1. The first kappa shape index (κ1) is 13.4. The SMILES string of the molecule is CNc1ccc(S(=O)(=O)N2CCC(C)(C)C2)cc1. The van der Waals surface area contributed by atoms with Crippen LogP contribution in [0.4, 0.5) is 5.69 Å². The molecule has 0 aliphatic carbocycles. The van der Waals surface area contributed by atoms with Crippen molar-refractivity contribution in [2.45, 2.75) is 25.2 Å². The van der Waals surface area contributed by atoms with Crippen LogP contribution in [0.25, 0.3) is 0 Å². The van der Waals surface area contributed by atoms with Gasteiger partial charge in [-0.2, -0.15) is 4.31 Å². The quantitative estimate of drug-likeness (QED) is 0.914. The molecule has 1 aliphatic heterocycles. The third-order valence-corrected chi connectivity index (χ3v) is 5.28. The smallest absolute Gasteiger partial charge is 0.243 e. The summed E-state index contributed by atoms with van der Waals surface area (Å²) in [6, 6.07) is 6.89. The standard InChI is InChI=1S/C13H20N2O2S/c1-13(2)8-9-15(10-13)18(16,17)12-6-4-11(14-3)5-7-12/h4-7,14H,8-10H2,1-3H3. The van der Waals surface area contributed by atoms with Crippen LogP contribution in [0.5, 0.6) is 0 Å². The van der Waals surface area contributed by atoms with Crippen molar-refractivity contribution in [1.29, 1.82) is 0 Å². The molecule has 0 spiro atoms. The van der Waals surface area contributed by atoms with E-state index in [-0.39, 0.29) is 5.41 Å². The van der Waals surface area contributed by atoms with Gasteiger partial charge in [-0.05, 0) is 36.1 Å². The Hall–Kier alpha value is -1.07. The average Bonchev–Trinajstić information content (AvgIpc) is 2.70. The summed E-state index contributed by atoms with van der Waals surface area (Å²) in [5.74, 6) is 0. The lowest BCUT2D eigenvalue weighted by atomic mass is 9.93. The number of rotatable bonds is 3. The highest BCUT2D eigenvalue weighted by Gasteiger charge is 2.36. The second-order valence-corrected chi connectivity index (χ2v) is 7.47. The fourth-order valence-corrected chi connectivity index (χ4v) is 3.84. The molecule has 0 amide bonds. The second kappa shape index (κ2) is 4.55. The highest BCUT2D eigenvalue weighted by Crippen LogP contribution is 2.32. The van der Waals surface area contributed by atoms with Gasteiger partial charge in [0.1, 0.15) is 0 Å². The molecule has 1 fully saturated rings. The Morgan fingerprint density at radius 1 is 1.22 bits per heavy atom. The van der Waals surface area contributed by atoms with Crippen molar-refractivity contribution in [2.75, 3.05) is 25.5 Å². The summed E-state index contributed by atoms with van der Waals surface area (Å²) < 4.78 is 26.4. The molecular formula is C13H20N2O2S. The fourth-order valence-electron chi connectivity index (χ4n) is 2.21. The number of nitrogens with one attached hydrogen (secondary N) is 1. The van der Waals surface area contributed by atoms with Gasteiger partial charge >= 0.3 is 0 Å². The number of hydrogen-bond donors (Lipinski definition) is 1. The number of anilines is 1. The lowest BCUT2D eigenvalue weighted by Gasteiger charge is -2.19. The maximum atomic E-state index is 12.4. The number of hydrogen-bond acceptors (Lipinski definition) is 3. The molecule has 2 rings (SSSR count). The summed E-state index contributed by atoms with van der Waals surface area (Å²) >= 11 is 0. The zero-order chi connectivity index (χ0) is 13.4. The first-order valence-electron chi connectivity index (χ1n) is 6.13. The molecule has 1 aromatic rings. The summed E-state index contributed by atoms with van der Waals surface area (Å²) in [6.07, 6.45) is 0.917. The van der Waals surface area contributed by atoms with E-state index in [9.17, 15) is 8.42 Å². The van der Waals surface area contributed by atoms with E-state index in [1.807, 2.05) is 7.05 Å². The highest BCUT2D eigenvalue weighted by molar-refractivity contribution is 7.89. The summed E-state index contributed by atoms with van der Waals surface area (Å²) in [7, 11) is -1.52. The monoisotopic (exact) mass is 268 g/mol. The number of nitrogens with zero attached hydrogens (tertiary/aromatic N) is 1. The molecule has 4 nitrogen and oxygen atoms in total. The van der Waals surface area contributed by atoms with Gasteiger partial charge in [-0.15, -0.1) is 0 Å². The molecule has 5 heteroatoms. The molecule has 0 aromatic heterocycles. The first-order chi connectivity index (χ1) is 8.35. The fraction of sp³-hybridized carbons (Fsp3) is 0.538. The van der Waals surface area contributed by atoms with E-state index in [0.717, 1.165) is 12.1 Å². The minimum atomic E-state index is -3.33. The van der Waals surface area contributed by atoms with Crippen molar-refractivity contribution in [3.05, 3.63) is 24.3 Å². The predicted molar refractivity (Wildman–Crippen MR) is 73.1 cm³/mol. The average molecular weight is 268 g/mol. The summed E-state index contributed by atoms with van der Waals surface area (Å²) in [5.41, 5.74) is 0.994. The zero-order valence-corrected chi connectivity index (χ0v) is 11.9. The molecule has 1 aliphatic rings. The van der Waals surface area contributed by atoms with Gasteiger partial charge in [-0.3, -0.25) is 0 Å². The van der Waals surface area contributed by atoms with E-state index in [4.69, 9.17) is 0 Å². The van der Waals surface area contributed by atoms with Crippen molar-refractivity contribution in [2.24, 2.45) is 5.41 Å². The highest BCUT2D eigenvalue weighted by atomic mass is 32.2. The topological polar surface area (TPSA) is 49.4 Å². The Balaban J connectivity index is 2.25. The molecule has 0 radical (unpaired) electrons. The lowest BCUT2D eigenvalue weighted by Crippen LogP contribution is -2.30. The Bertz CT molecular complexity index is 520. The van der Waals surface area contributed by atoms with Crippen LogP contribution in [0.1, 0.15) is 20.3 Å². The van der Waals surface area contributed by atoms with Crippen molar-refractivity contribution < 1.29 is 8.42 Å². The molecule has 1 aromatic carbocycles. The van der Waals surface area contributed by atoms with Crippen molar-refractivity contribution in [1.82, 2.24) is 4.31 Å². The zero-order valence-electron chi connectivity index (χ0n) is 11.1. The maximum absolute atomic E-state index is 12.4. The molecule has 0 saturated carbocycles. The molecular weight excluding hydrogens is 248 g/mol. The van der Waals surface area contributed by atoms with E-state index in [1.165, 1.54) is 0 Å². The minimum absolute atomic E-state index is 0.0813. The molecule has 0 atom stereocenters. The summed E-state index contributed by atoms with van der Waals surface area (Å²) in [6.45, 7) is 5.42. The van der Waals surface area contributed by atoms with Crippen LogP contribution in [0, 0.1) is 5.41 Å². The minimum Gasteiger partial charge on any atom is -0.388 e. The van der Waals surface area contributed by atoms with Gasteiger partial charge in [0.2, 0.25) is 10.0 Å². The predicted octanol–water partition coefficient (Wildman–Crippen LogP) is 2.15. The Kier molecular flexibility index (Phi) is 3.38. The van der Waals surface area contributed by atoms with Crippen molar-refractivity contribution >= 4 is 15.7 Å². The Morgan fingerprint density at radius 2 is 1.83 bits per heavy atom. The van der Waals surface area contributed by atoms with Gasteiger partial charge in [0, 0.05) is 25.8 Å². The van der Waals surface area contributed by atoms with Gasteiger partial charge in [0.25, 0.3) is 0 Å². The Morgan fingerprint density at radius 3 is 2.28 bits per heavy atom. The van der Waals surface area contributed by atoms with Gasteiger partial charge < -0.3 is 5.32 Å². The van der Waals surface area contributed by atoms with Crippen LogP contribution in [0.2, 0.25) is 0 Å². The van der Waals surface area contributed by atoms with Crippen LogP contribution in [0.3, 0.4) is 0 Å². The molecule has 100 valence electrons. The van der Waals surface area contributed by atoms with Gasteiger partial charge in [-0.25, -0.2) is 8.42 Å². The van der Waals surface area contributed by atoms with Gasteiger partial charge in [0.05, 0.1) is 4.90 Å². The van der Waals surface area contributed by atoms with Crippen molar-refractivity contribution in [3.63, 3.8) is 0 Å². The van der Waals surface area contributed by atoms with Crippen LogP contribution in [-0.2, 0) is 10.0 Å². The van der Waals surface area contributed by atoms with Gasteiger partial charge in [-0.1, -0.05) is 13.8 Å². The number of sulfonamides is 1.